The predicted octanol–water partition coefficient (Wildman–Crippen LogP) is 2.91. The number of rotatable bonds is 2. The monoisotopic (exact) mass is 258 g/mol. The van der Waals surface area contributed by atoms with Crippen LogP contribution in [-0.2, 0) is 5.92 Å². The first-order valence-corrected chi connectivity index (χ1v) is 4.18. The molecule has 0 amide bonds. The van der Waals surface area contributed by atoms with Gasteiger partial charge in [-0.15, -0.1) is 0 Å². The van der Waals surface area contributed by atoms with E-state index in [1.54, 1.807) is 0 Å². The summed E-state index contributed by atoms with van der Waals surface area (Å²) in [4.78, 5) is 0. The summed E-state index contributed by atoms with van der Waals surface area (Å²) in [5.41, 5.74) is 5.01. The van der Waals surface area contributed by atoms with Gasteiger partial charge in [0, 0.05) is 5.56 Å². The Morgan fingerprint density at radius 2 is 1.53 bits per heavy atom. The van der Waals surface area contributed by atoms with Gasteiger partial charge in [0.2, 0.25) is 0 Å². The number of alkyl halides is 6. The molecule has 2 nitrogen and oxygen atoms in total. The fourth-order valence-electron chi connectivity index (χ4n) is 1.08. The molecule has 1 unspecified atom stereocenters. The summed E-state index contributed by atoms with van der Waals surface area (Å²) in [6.45, 7) is 0. The third-order valence-electron chi connectivity index (χ3n) is 2.02. The first-order chi connectivity index (χ1) is 7.50. The lowest BCUT2D eigenvalue weighted by atomic mass is 10.0. The molecule has 1 aromatic rings. The Morgan fingerprint density at radius 1 is 1.00 bits per heavy atom. The van der Waals surface area contributed by atoms with Crippen LogP contribution in [0.15, 0.2) is 24.3 Å². The van der Waals surface area contributed by atoms with Crippen molar-refractivity contribution >= 4 is 5.69 Å². The van der Waals surface area contributed by atoms with E-state index in [9.17, 15) is 26.3 Å². The van der Waals surface area contributed by atoms with Gasteiger partial charge in [-0.3, -0.25) is 0 Å². The van der Waals surface area contributed by atoms with Crippen molar-refractivity contribution in [2.45, 2.75) is 18.0 Å². The number of halogens is 6. The SMILES string of the molecule is [NH]c1cccc(C(F)(F)C(O)(F)C(F)(F)F)c1. The summed E-state index contributed by atoms with van der Waals surface area (Å²) in [5, 5.41) is 8.32. The molecule has 0 saturated heterocycles. The van der Waals surface area contributed by atoms with Crippen LogP contribution in [0.1, 0.15) is 5.56 Å². The van der Waals surface area contributed by atoms with E-state index in [4.69, 9.17) is 10.8 Å². The summed E-state index contributed by atoms with van der Waals surface area (Å²) in [6.07, 6.45) is -6.14. The zero-order valence-corrected chi connectivity index (χ0v) is 8.02. The largest absolute Gasteiger partial charge is 0.455 e. The lowest BCUT2D eigenvalue weighted by Gasteiger charge is -2.30. The Morgan fingerprint density at radius 3 is 1.94 bits per heavy atom. The number of aliphatic hydroxyl groups is 1. The van der Waals surface area contributed by atoms with Gasteiger partial charge in [0.05, 0.1) is 5.69 Å². The van der Waals surface area contributed by atoms with Crippen molar-refractivity contribution in [1.82, 2.24) is 5.73 Å². The van der Waals surface area contributed by atoms with Crippen molar-refractivity contribution in [3.63, 3.8) is 0 Å². The Hall–Kier alpha value is -1.44. The normalized spacial score (nSPS) is 16.6. The second kappa shape index (κ2) is 3.80. The van der Waals surface area contributed by atoms with E-state index < -0.39 is 29.2 Å². The minimum absolute atomic E-state index is 0.344. The molecule has 0 aromatic heterocycles. The molecule has 1 aromatic carbocycles. The van der Waals surface area contributed by atoms with E-state index in [-0.39, 0.29) is 0 Å². The van der Waals surface area contributed by atoms with Crippen molar-refractivity contribution in [3.8, 4) is 0 Å². The maximum absolute atomic E-state index is 13.2. The van der Waals surface area contributed by atoms with Gasteiger partial charge in [-0.25, -0.2) is 0 Å². The molecule has 1 atom stereocenters. The maximum Gasteiger partial charge on any atom is 0.455 e. The van der Waals surface area contributed by atoms with Crippen LogP contribution in [0, 0.1) is 0 Å². The highest BCUT2D eigenvalue weighted by Crippen LogP contribution is 2.49. The molecule has 0 aliphatic carbocycles. The Labute approximate surface area is 91.7 Å². The van der Waals surface area contributed by atoms with Crippen LogP contribution in [0.2, 0.25) is 0 Å². The van der Waals surface area contributed by atoms with Gasteiger partial charge in [-0.1, -0.05) is 12.1 Å². The third-order valence-corrected chi connectivity index (χ3v) is 2.02. The van der Waals surface area contributed by atoms with Gasteiger partial charge in [-0.05, 0) is 12.1 Å². The van der Waals surface area contributed by atoms with Crippen LogP contribution in [0.3, 0.4) is 0 Å². The number of hydrogen-bond donors (Lipinski definition) is 1. The molecule has 2 N–H and O–H groups in total. The van der Waals surface area contributed by atoms with Gasteiger partial charge in [0.15, 0.2) is 0 Å². The zero-order chi connectivity index (χ0) is 13.5. The maximum atomic E-state index is 13.2. The lowest BCUT2D eigenvalue weighted by molar-refractivity contribution is -0.390. The second-order valence-corrected chi connectivity index (χ2v) is 3.28. The molecule has 8 heteroatoms. The minimum Gasteiger partial charge on any atom is -0.350 e. The quantitative estimate of drug-likeness (QED) is 0.814. The van der Waals surface area contributed by atoms with Crippen LogP contribution in [0.25, 0.3) is 0 Å². The highest BCUT2D eigenvalue weighted by molar-refractivity contribution is 5.39. The molecule has 0 heterocycles. The summed E-state index contributed by atoms with van der Waals surface area (Å²) in [5.74, 6) is -10.9. The third kappa shape index (κ3) is 2.17. The molecule has 0 bridgehead atoms. The van der Waals surface area contributed by atoms with Gasteiger partial charge >= 0.3 is 18.0 Å². The van der Waals surface area contributed by atoms with E-state index in [1.165, 1.54) is 0 Å². The highest BCUT2D eigenvalue weighted by atomic mass is 19.4. The number of nitrogens with one attached hydrogen (secondary N) is 1. The van der Waals surface area contributed by atoms with Crippen LogP contribution in [0.5, 0.6) is 0 Å². The van der Waals surface area contributed by atoms with Gasteiger partial charge in [-0.2, -0.15) is 26.3 Å². The Kier molecular flexibility index (Phi) is 3.04. The van der Waals surface area contributed by atoms with Crippen molar-refractivity contribution in [2.75, 3.05) is 0 Å². The highest BCUT2D eigenvalue weighted by Gasteiger charge is 2.71. The Balaban J connectivity index is 3.28. The van der Waals surface area contributed by atoms with Crippen LogP contribution in [-0.4, -0.2) is 17.1 Å². The van der Waals surface area contributed by atoms with Gasteiger partial charge in [0.25, 0.3) is 0 Å². The van der Waals surface area contributed by atoms with Crippen molar-refractivity contribution in [2.24, 2.45) is 0 Å². The van der Waals surface area contributed by atoms with Crippen LogP contribution >= 0.6 is 0 Å². The molecule has 17 heavy (non-hydrogen) atoms. The summed E-state index contributed by atoms with van der Waals surface area (Å²) >= 11 is 0. The van der Waals surface area contributed by atoms with E-state index in [2.05, 4.69) is 0 Å². The first kappa shape index (κ1) is 13.6. The molecule has 0 spiro atoms. The molecule has 0 saturated carbocycles. The minimum atomic E-state index is -6.14. The van der Waals surface area contributed by atoms with E-state index in [0.29, 0.717) is 12.1 Å². The fraction of sp³-hybridized carbons (Fsp3) is 0.333. The number of benzene rings is 1. The van der Waals surface area contributed by atoms with Crippen molar-refractivity contribution in [3.05, 3.63) is 29.8 Å². The zero-order valence-electron chi connectivity index (χ0n) is 8.02. The summed E-state index contributed by atoms with van der Waals surface area (Å²) in [6, 6.07) is 2.72. The number of hydrogen-bond acceptors (Lipinski definition) is 1. The van der Waals surface area contributed by atoms with E-state index in [0.717, 1.165) is 12.1 Å². The fourth-order valence-corrected chi connectivity index (χ4v) is 1.08. The summed E-state index contributed by atoms with van der Waals surface area (Å²) in [7, 11) is 0. The lowest BCUT2D eigenvalue weighted by Crippen LogP contribution is -2.53. The smallest absolute Gasteiger partial charge is 0.350 e. The molecular formula is C9H6F6NO. The van der Waals surface area contributed by atoms with Crippen LogP contribution in [0.4, 0.5) is 32.0 Å². The average Bonchev–Trinajstić information content (AvgIpc) is 2.15. The average molecular weight is 258 g/mol. The molecule has 0 fully saturated rings. The molecule has 0 aliphatic heterocycles. The Bertz CT molecular complexity index is 414. The molecule has 1 rings (SSSR count). The first-order valence-electron chi connectivity index (χ1n) is 4.18. The standard InChI is InChI=1S/C9H6F6NO/c10-7(11,8(12,17)9(13,14)15)5-2-1-3-6(16)4-5/h1-4,16-17H. The van der Waals surface area contributed by atoms with Crippen molar-refractivity contribution < 1.29 is 31.4 Å². The van der Waals surface area contributed by atoms with Gasteiger partial charge < -0.3 is 10.8 Å². The predicted molar refractivity (Wildman–Crippen MR) is 45.2 cm³/mol. The summed E-state index contributed by atoms with van der Waals surface area (Å²) < 4.78 is 75.1. The second-order valence-electron chi connectivity index (χ2n) is 3.28. The van der Waals surface area contributed by atoms with Gasteiger partial charge in [0.1, 0.15) is 0 Å². The molecule has 1 radical (unpaired) electrons. The van der Waals surface area contributed by atoms with Crippen LogP contribution < -0.4 is 5.73 Å². The van der Waals surface area contributed by atoms with E-state index >= 15 is 0 Å². The topological polar surface area (TPSA) is 44.0 Å². The van der Waals surface area contributed by atoms with Crippen molar-refractivity contribution in [1.29, 1.82) is 0 Å². The molecule has 95 valence electrons. The molecule has 0 aliphatic rings. The molecular weight excluding hydrogens is 252 g/mol. The van der Waals surface area contributed by atoms with E-state index in [1.807, 2.05) is 0 Å².